The topological polar surface area (TPSA) is 59.7 Å². The fourth-order valence-electron chi connectivity index (χ4n) is 2.39. The lowest BCUT2D eigenvalue weighted by Crippen LogP contribution is -2.36. The molecule has 0 aliphatic carbocycles. The first-order valence-corrected chi connectivity index (χ1v) is 8.98. The van der Waals surface area contributed by atoms with Crippen LogP contribution in [0.1, 0.15) is 15.4 Å². The molecule has 6 nitrogen and oxygen atoms in total. The van der Waals surface area contributed by atoms with Crippen molar-refractivity contribution in [1.29, 1.82) is 0 Å². The van der Waals surface area contributed by atoms with Gasteiger partial charge in [0.2, 0.25) is 4.80 Å². The van der Waals surface area contributed by atoms with E-state index in [2.05, 4.69) is 26.8 Å². The lowest BCUT2D eigenvalue weighted by atomic mass is 10.2. The van der Waals surface area contributed by atoms with Gasteiger partial charge in [-0.05, 0) is 19.1 Å². The van der Waals surface area contributed by atoms with Gasteiger partial charge >= 0.3 is 0 Å². The lowest BCUT2D eigenvalue weighted by molar-refractivity contribution is 0.0443. The average molecular weight is 356 g/mol. The van der Waals surface area contributed by atoms with Crippen LogP contribution in [0, 0.1) is 18.8 Å². The highest BCUT2D eigenvalue weighted by Crippen LogP contribution is 2.02. The van der Waals surface area contributed by atoms with Crippen LogP contribution in [0.15, 0.2) is 35.3 Å². The van der Waals surface area contributed by atoms with E-state index in [1.807, 2.05) is 25.1 Å². The number of hydrogen-bond donors (Lipinski definition) is 0. The number of carbonyl (C=O) groups is 1. The Morgan fingerprint density at radius 1 is 1.24 bits per heavy atom. The molecule has 0 spiro atoms. The monoisotopic (exact) mass is 356 g/mol. The third-order valence-corrected chi connectivity index (χ3v) is 4.56. The van der Waals surface area contributed by atoms with E-state index in [0.717, 1.165) is 37.9 Å². The second-order valence-electron chi connectivity index (χ2n) is 5.59. The summed E-state index contributed by atoms with van der Waals surface area (Å²) in [6.07, 6.45) is 0. The summed E-state index contributed by atoms with van der Waals surface area (Å²) in [5, 5.41) is 5.25. The summed E-state index contributed by atoms with van der Waals surface area (Å²) in [5.74, 6) is 6.02. The van der Waals surface area contributed by atoms with Crippen molar-refractivity contribution in [3.63, 3.8) is 0 Å². The molecule has 0 N–H and O–H groups in total. The molecule has 1 aliphatic rings. The van der Waals surface area contributed by atoms with Crippen molar-refractivity contribution in [3.05, 3.63) is 45.7 Å². The molecule has 0 radical (unpaired) electrons. The Morgan fingerprint density at radius 2 is 1.96 bits per heavy atom. The summed E-state index contributed by atoms with van der Waals surface area (Å²) in [5.41, 5.74) is 0.568. The number of aryl methyl sites for hydroxylation is 1. The molecule has 7 heteroatoms. The molecule has 0 unspecified atom stereocenters. The lowest BCUT2D eigenvalue weighted by Gasteiger charge is -2.24. The second kappa shape index (κ2) is 8.72. The van der Waals surface area contributed by atoms with Crippen molar-refractivity contribution in [1.82, 2.24) is 14.7 Å². The van der Waals surface area contributed by atoms with Crippen molar-refractivity contribution in [2.75, 3.05) is 32.8 Å². The SMILES string of the molecule is Cc1nn(CC#CCN2CCOCC2)c(=NC(=O)c2ccccc2)s1. The maximum absolute atomic E-state index is 12.3. The summed E-state index contributed by atoms with van der Waals surface area (Å²) in [6, 6.07) is 9.04. The predicted octanol–water partition coefficient (Wildman–Crippen LogP) is 1.33. The van der Waals surface area contributed by atoms with E-state index in [9.17, 15) is 4.79 Å². The van der Waals surface area contributed by atoms with Gasteiger partial charge < -0.3 is 4.74 Å². The van der Waals surface area contributed by atoms with Crippen molar-refractivity contribution in [3.8, 4) is 11.8 Å². The van der Waals surface area contributed by atoms with Gasteiger partial charge in [0.15, 0.2) is 0 Å². The van der Waals surface area contributed by atoms with E-state index in [-0.39, 0.29) is 5.91 Å². The van der Waals surface area contributed by atoms with E-state index in [1.165, 1.54) is 11.3 Å². The zero-order chi connectivity index (χ0) is 17.5. The molecule has 0 atom stereocenters. The van der Waals surface area contributed by atoms with Gasteiger partial charge in [0.25, 0.3) is 5.91 Å². The van der Waals surface area contributed by atoms with Crippen molar-refractivity contribution in [2.45, 2.75) is 13.5 Å². The normalized spacial score (nSPS) is 15.6. The smallest absolute Gasteiger partial charge is 0.279 e. The van der Waals surface area contributed by atoms with Crippen LogP contribution in [-0.4, -0.2) is 53.4 Å². The third-order valence-electron chi connectivity index (χ3n) is 3.70. The summed E-state index contributed by atoms with van der Waals surface area (Å²) in [4.78, 5) is 19.3. The van der Waals surface area contributed by atoms with E-state index >= 15 is 0 Å². The first kappa shape index (κ1) is 17.5. The first-order valence-electron chi connectivity index (χ1n) is 8.17. The van der Waals surface area contributed by atoms with Gasteiger partial charge in [0.1, 0.15) is 11.6 Å². The van der Waals surface area contributed by atoms with E-state index in [4.69, 9.17) is 4.74 Å². The summed E-state index contributed by atoms with van der Waals surface area (Å²) < 4.78 is 7.01. The molecule has 25 heavy (non-hydrogen) atoms. The van der Waals surface area contributed by atoms with E-state index in [1.54, 1.807) is 16.8 Å². The zero-order valence-electron chi connectivity index (χ0n) is 14.1. The minimum Gasteiger partial charge on any atom is -0.379 e. The Labute approximate surface area is 150 Å². The van der Waals surface area contributed by atoms with Crippen LogP contribution in [0.25, 0.3) is 0 Å². The number of carbonyl (C=O) groups excluding carboxylic acids is 1. The van der Waals surface area contributed by atoms with Crippen LogP contribution in [-0.2, 0) is 11.3 Å². The molecular formula is C18H20N4O2S. The zero-order valence-corrected chi connectivity index (χ0v) is 15.0. The molecular weight excluding hydrogens is 336 g/mol. The maximum atomic E-state index is 12.3. The second-order valence-corrected chi connectivity index (χ2v) is 6.75. The molecule has 130 valence electrons. The van der Waals surface area contributed by atoms with Gasteiger partial charge in [-0.25, -0.2) is 4.68 Å². The van der Waals surface area contributed by atoms with Crippen LogP contribution in [0.4, 0.5) is 0 Å². The minimum atomic E-state index is -0.265. The highest BCUT2D eigenvalue weighted by atomic mass is 32.1. The maximum Gasteiger partial charge on any atom is 0.279 e. The highest BCUT2D eigenvalue weighted by Gasteiger charge is 2.08. The molecule has 1 saturated heterocycles. The van der Waals surface area contributed by atoms with E-state index < -0.39 is 0 Å². The average Bonchev–Trinajstić information content (AvgIpc) is 2.99. The van der Waals surface area contributed by atoms with Crippen LogP contribution in [0.2, 0.25) is 0 Å². The number of aromatic nitrogens is 2. The Balaban J connectivity index is 1.68. The van der Waals surface area contributed by atoms with Gasteiger partial charge in [-0.3, -0.25) is 9.69 Å². The first-order chi connectivity index (χ1) is 12.2. The Bertz CT molecular complexity index is 839. The van der Waals surface area contributed by atoms with Gasteiger partial charge in [0.05, 0.1) is 19.8 Å². The quantitative estimate of drug-likeness (QED) is 0.779. The highest BCUT2D eigenvalue weighted by molar-refractivity contribution is 7.08. The van der Waals surface area contributed by atoms with Crippen LogP contribution < -0.4 is 4.80 Å². The molecule has 3 rings (SSSR count). The summed E-state index contributed by atoms with van der Waals surface area (Å²) in [6.45, 7) is 6.43. The molecule has 2 heterocycles. The predicted molar refractivity (Wildman–Crippen MR) is 96.2 cm³/mol. The fraction of sp³-hybridized carbons (Fsp3) is 0.389. The number of ether oxygens (including phenoxy) is 1. The van der Waals surface area contributed by atoms with Crippen molar-refractivity contribution >= 4 is 17.2 Å². The van der Waals surface area contributed by atoms with Gasteiger partial charge in [0, 0.05) is 18.7 Å². The molecule has 1 fully saturated rings. The number of rotatable bonds is 3. The Morgan fingerprint density at radius 3 is 2.72 bits per heavy atom. The van der Waals surface area contributed by atoms with Gasteiger partial charge in [-0.15, -0.1) is 0 Å². The molecule has 2 aromatic rings. The van der Waals surface area contributed by atoms with Gasteiger partial charge in [-0.2, -0.15) is 10.1 Å². The molecule has 1 amide bonds. The molecule has 1 aliphatic heterocycles. The standard InChI is InChI=1S/C18H20N4O2S/c1-15-20-22(10-6-5-9-21-11-13-24-14-12-21)18(25-15)19-17(23)16-7-3-2-4-8-16/h2-4,7-8H,9-14H2,1H3. The largest absolute Gasteiger partial charge is 0.379 e. The molecule has 1 aromatic carbocycles. The van der Waals surface area contributed by atoms with Crippen LogP contribution >= 0.6 is 11.3 Å². The molecule has 0 saturated carbocycles. The fourth-order valence-corrected chi connectivity index (χ4v) is 3.13. The van der Waals surface area contributed by atoms with Crippen molar-refractivity contribution < 1.29 is 9.53 Å². The number of amides is 1. The van der Waals surface area contributed by atoms with Crippen LogP contribution in [0.5, 0.6) is 0 Å². The number of nitrogens with zero attached hydrogens (tertiary/aromatic N) is 4. The van der Waals surface area contributed by atoms with Gasteiger partial charge in [-0.1, -0.05) is 41.4 Å². The molecule has 1 aromatic heterocycles. The molecule has 0 bridgehead atoms. The Hall–Kier alpha value is -2.27. The third kappa shape index (κ3) is 5.10. The van der Waals surface area contributed by atoms with E-state index in [0.29, 0.717) is 16.9 Å². The number of morpholine rings is 1. The number of benzene rings is 1. The Kier molecular flexibility index (Phi) is 6.12. The minimum absolute atomic E-state index is 0.265. The number of hydrogen-bond acceptors (Lipinski definition) is 5. The van der Waals surface area contributed by atoms with Crippen LogP contribution in [0.3, 0.4) is 0 Å². The van der Waals surface area contributed by atoms with Crippen molar-refractivity contribution in [2.24, 2.45) is 4.99 Å². The summed E-state index contributed by atoms with van der Waals surface area (Å²) in [7, 11) is 0. The summed E-state index contributed by atoms with van der Waals surface area (Å²) >= 11 is 1.39.